The summed E-state index contributed by atoms with van der Waals surface area (Å²) in [4.78, 5) is 48.7. The van der Waals surface area contributed by atoms with E-state index in [0.29, 0.717) is 24.8 Å². The summed E-state index contributed by atoms with van der Waals surface area (Å²) in [5.41, 5.74) is -5.48. The molecule has 0 aromatic carbocycles. The number of rotatable bonds is 4. The highest BCUT2D eigenvalue weighted by Gasteiger charge is 2.76. The van der Waals surface area contributed by atoms with Crippen molar-refractivity contribution in [3.63, 3.8) is 0 Å². The van der Waals surface area contributed by atoms with Crippen LogP contribution in [0.25, 0.3) is 0 Å². The zero-order valence-corrected chi connectivity index (χ0v) is 20.4. The molecule has 4 rings (SSSR count). The Morgan fingerprint density at radius 2 is 1.85 bits per heavy atom. The standard InChI is InChI=1S/C26H33FO7/c1-14-10-20-19-7-6-17-11-18(30)8-9-23(17,4)25(19,27)22(34-16(3)29)12-24(20,5)26(14,32)21(31)13-33-15(2)28/h8-9,11,14,19-20,22,32H,6-7,10,12-13H2,1-5H3/t14-,19-,20-,22-,23-,24-,25?,26-/m0/s1. The molecule has 1 unspecified atom stereocenters. The van der Waals surface area contributed by atoms with E-state index in [1.165, 1.54) is 26.0 Å². The van der Waals surface area contributed by atoms with Crippen LogP contribution >= 0.6 is 0 Å². The third-order valence-electron chi connectivity index (χ3n) is 9.34. The molecule has 0 amide bonds. The molecule has 3 fully saturated rings. The molecule has 4 aliphatic rings. The van der Waals surface area contributed by atoms with E-state index in [9.17, 15) is 24.3 Å². The van der Waals surface area contributed by atoms with Gasteiger partial charge in [-0.1, -0.05) is 25.5 Å². The normalized spacial score (nSPS) is 44.9. The van der Waals surface area contributed by atoms with Crippen molar-refractivity contribution in [1.82, 2.24) is 0 Å². The van der Waals surface area contributed by atoms with Crippen LogP contribution in [-0.4, -0.2) is 52.6 Å². The summed E-state index contributed by atoms with van der Waals surface area (Å²) >= 11 is 0. The van der Waals surface area contributed by atoms with Crippen molar-refractivity contribution in [2.45, 2.75) is 77.7 Å². The van der Waals surface area contributed by atoms with E-state index in [0.717, 1.165) is 0 Å². The van der Waals surface area contributed by atoms with Gasteiger partial charge in [0.05, 0.1) is 0 Å². The average Bonchev–Trinajstić information content (AvgIpc) is 2.94. The van der Waals surface area contributed by atoms with Crippen molar-refractivity contribution in [3.05, 3.63) is 23.8 Å². The summed E-state index contributed by atoms with van der Waals surface area (Å²) < 4.78 is 28.1. The lowest BCUT2D eigenvalue weighted by atomic mass is 9.44. The van der Waals surface area contributed by atoms with E-state index >= 15 is 4.39 Å². The minimum Gasteiger partial charge on any atom is -0.459 e. The number of ketones is 2. The third-order valence-corrected chi connectivity index (χ3v) is 9.34. The van der Waals surface area contributed by atoms with E-state index in [4.69, 9.17) is 9.47 Å². The van der Waals surface area contributed by atoms with Crippen molar-refractivity contribution >= 4 is 23.5 Å². The van der Waals surface area contributed by atoms with E-state index in [-0.39, 0.29) is 18.1 Å². The van der Waals surface area contributed by atoms with Gasteiger partial charge in [-0.25, -0.2) is 4.39 Å². The summed E-state index contributed by atoms with van der Waals surface area (Å²) in [7, 11) is 0. The molecule has 8 heteroatoms. The second kappa shape index (κ2) is 7.83. The lowest BCUT2D eigenvalue weighted by Gasteiger charge is -2.63. The fraction of sp³-hybridized carbons (Fsp3) is 0.692. The summed E-state index contributed by atoms with van der Waals surface area (Å²) in [6.45, 7) is 7.08. The van der Waals surface area contributed by atoms with Crippen LogP contribution in [-0.2, 0) is 28.7 Å². The topological polar surface area (TPSA) is 107 Å². The molecule has 1 N–H and O–H groups in total. The Morgan fingerprint density at radius 3 is 2.47 bits per heavy atom. The molecular weight excluding hydrogens is 443 g/mol. The number of hydrogen-bond acceptors (Lipinski definition) is 7. The lowest BCUT2D eigenvalue weighted by molar-refractivity contribution is -0.229. The molecule has 0 aromatic heterocycles. The van der Waals surface area contributed by atoms with E-state index in [2.05, 4.69) is 0 Å². The van der Waals surface area contributed by atoms with Crippen LogP contribution in [0.1, 0.15) is 60.3 Å². The Bertz CT molecular complexity index is 1020. The van der Waals surface area contributed by atoms with E-state index in [1.54, 1.807) is 26.8 Å². The van der Waals surface area contributed by atoms with Gasteiger partial charge in [-0.3, -0.25) is 19.2 Å². The highest BCUT2D eigenvalue weighted by molar-refractivity contribution is 6.01. The van der Waals surface area contributed by atoms with Crippen molar-refractivity contribution in [2.24, 2.45) is 28.6 Å². The number of esters is 2. The largest absolute Gasteiger partial charge is 0.459 e. The highest BCUT2D eigenvalue weighted by Crippen LogP contribution is 2.71. The van der Waals surface area contributed by atoms with Gasteiger partial charge in [0.25, 0.3) is 0 Å². The van der Waals surface area contributed by atoms with Gasteiger partial charge in [0.15, 0.2) is 18.1 Å². The first-order chi connectivity index (χ1) is 15.7. The highest BCUT2D eigenvalue weighted by atomic mass is 19.1. The number of carbonyl (C=O) groups excluding carboxylic acids is 4. The zero-order valence-electron chi connectivity index (χ0n) is 20.4. The first-order valence-corrected chi connectivity index (χ1v) is 11.9. The van der Waals surface area contributed by atoms with Crippen molar-refractivity contribution in [2.75, 3.05) is 6.61 Å². The number of Topliss-reactive ketones (excluding diaryl/α,β-unsaturated/α-hetero) is 1. The van der Waals surface area contributed by atoms with Crippen LogP contribution in [0.15, 0.2) is 23.8 Å². The number of alkyl halides is 1. The van der Waals surface area contributed by atoms with Gasteiger partial charge in [-0.15, -0.1) is 0 Å². The SMILES string of the molecule is CC(=O)OCC(=O)[C@@]1(O)[C@@H](C)C[C@H]2[C@@H]3CCC4=CC(=O)C=C[C@]4(C)C3(F)[C@@H](OC(C)=O)C[C@@]21C. The quantitative estimate of drug-likeness (QED) is 0.622. The smallest absolute Gasteiger partial charge is 0.303 e. The predicted octanol–water partition coefficient (Wildman–Crippen LogP) is 3.04. The van der Waals surface area contributed by atoms with Crippen LogP contribution in [0.3, 0.4) is 0 Å². The van der Waals surface area contributed by atoms with Gasteiger partial charge in [-0.2, -0.15) is 0 Å². The van der Waals surface area contributed by atoms with Crippen LogP contribution in [0, 0.1) is 28.6 Å². The van der Waals surface area contributed by atoms with Crippen LogP contribution in [0.2, 0.25) is 0 Å². The Balaban J connectivity index is 1.83. The molecule has 3 saturated carbocycles. The molecule has 7 nitrogen and oxygen atoms in total. The summed E-state index contributed by atoms with van der Waals surface area (Å²) in [5.74, 6) is -3.62. The average molecular weight is 477 g/mol. The maximum atomic E-state index is 17.6. The van der Waals surface area contributed by atoms with Crippen molar-refractivity contribution in [3.8, 4) is 0 Å². The van der Waals surface area contributed by atoms with Gasteiger partial charge < -0.3 is 14.6 Å². The Morgan fingerprint density at radius 1 is 1.18 bits per heavy atom. The number of hydrogen-bond donors (Lipinski definition) is 1. The molecule has 186 valence electrons. The lowest BCUT2D eigenvalue weighted by Crippen LogP contribution is -2.70. The maximum absolute atomic E-state index is 17.6. The van der Waals surface area contributed by atoms with Crippen LogP contribution in [0.5, 0.6) is 0 Å². The minimum atomic E-state index is -2.02. The molecule has 0 saturated heterocycles. The number of ether oxygens (including phenoxy) is 2. The van der Waals surface area contributed by atoms with Crippen molar-refractivity contribution in [1.29, 1.82) is 0 Å². The minimum absolute atomic E-state index is 0.0679. The van der Waals surface area contributed by atoms with Crippen LogP contribution in [0.4, 0.5) is 4.39 Å². The van der Waals surface area contributed by atoms with Gasteiger partial charge in [-0.05, 0) is 56.6 Å². The van der Waals surface area contributed by atoms with Gasteiger partial charge >= 0.3 is 11.9 Å². The van der Waals surface area contributed by atoms with Gasteiger partial charge in [0.1, 0.15) is 11.7 Å². The Labute approximate surface area is 198 Å². The maximum Gasteiger partial charge on any atom is 0.303 e. The van der Waals surface area contributed by atoms with Crippen LogP contribution < -0.4 is 0 Å². The van der Waals surface area contributed by atoms with E-state index < -0.39 is 64.4 Å². The number of fused-ring (bicyclic) bond motifs is 5. The van der Waals surface area contributed by atoms with Crippen molar-refractivity contribution < 1.29 is 38.1 Å². The summed E-state index contributed by atoms with van der Waals surface area (Å²) in [6, 6.07) is 0. The number of carbonyl (C=O) groups is 4. The molecule has 0 radical (unpaired) electrons. The number of aliphatic hydroxyl groups is 1. The molecule has 34 heavy (non-hydrogen) atoms. The summed E-state index contributed by atoms with van der Waals surface area (Å²) in [5, 5.41) is 11.9. The predicted molar refractivity (Wildman–Crippen MR) is 119 cm³/mol. The fourth-order valence-corrected chi connectivity index (χ4v) is 7.71. The second-order valence-electron chi connectivity index (χ2n) is 11.0. The first-order valence-electron chi connectivity index (χ1n) is 11.9. The Hall–Kier alpha value is -2.35. The molecule has 0 aliphatic heterocycles. The third kappa shape index (κ3) is 3.10. The second-order valence-corrected chi connectivity index (χ2v) is 11.0. The molecule has 0 spiro atoms. The summed E-state index contributed by atoms with van der Waals surface area (Å²) in [6.07, 6.45) is 4.43. The molecule has 0 aromatic rings. The molecule has 0 bridgehead atoms. The molecule has 4 aliphatic carbocycles. The van der Waals surface area contributed by atoms with Gasteiger partial charge in [0, 0.05) is 30.6 Å². The number of halogens is 1. The van der Waals surface area contributed by atoms with E-state index in [1.807, 2.05) is 0 Å². The molecule has 0 heterocycles. The molecule has 8 atom stereocenters. The zero-order chi connectivity index (χ0) is 25.3. The number of allylic oxidation sites excluding steroid dienone is 4. The first kappa shape index (κ1) is 24.8. The Kier molecular flexibility index (Phi) is 5.71. The molecular formula is C26H33FO7. The fourth-order valence-electron chi connectivity index (χ4n) is 7.71. The monoisotopic (exact) mass is 476 g/mol. The van der Waals surface area contributed by atoms with Gasteiger partial charge in [0.2, 0.25) is 5.78 Å².